The van der Waals surface area contributed by atoms with Gasteiger partial charge in [0.2, 0.25) is 0 Å². The lowest BCUT2D eigenvalue weighted by Gasteiger charge is -2.40. The summed E-state index contributed by atoms with van der Waals surface area (Å²) in [4.78, 5) is 5.60. The second kappa shape index (κ2) is 7.53. The number of nitrogens with zero attached hydrogens (tertiary/aromatic N) is 2. The molecule has 0 spiro atoms. The highest BCUT2D eigenvalue weighted by Crippen LogP contribution is 2.16. The summed E-state index contributed by atoms with van der Waals surface area (Å²) in [5.74, 6) is 0. The van der Waals surface area contributed by atoms with E-state index in [1.165, 1.54) is 19.3 Å². The van der Waals surface area contributed by atoms with Gasteiger partial charge in [0, 0.05) is 39.3 Å². The molecule has 0 aromatic rings. The zero-order valence-electron chi connectivity index (χ0n) is 12.0. The fourth-order valence-corrected chi connectivity index (χ4v) is 3.45. The zero-order valence-corrected chi connectivity index (χ0v) is 12.8. The summed E-state index contributed by atoms with van der Waals surface area (Å²) in [6, 6.07) is 0.281. The van der Waals surface area contributed by atoms with Crippen LogP contribution in [0.4, 0.5) is 0 Å². The summed E-state index contributed by atoms with van der Waals surface area (Å²) in [6.45, 7) is 8.57. The van der Waals surface area contributed by atoms with E-state index in [1.54, 1.807) is 0 Å². The Bertz CT molecular complexity index is 286. The van der Waals surface area contributed by atoms with E-state index in [0.29, 0.717) is 11.1 Å². The molecule has 2 aliphatic heterocycles. The van der Waals surface area contributed by atoms with E-state index in [1.807, 2.05) is 0 Å². The number of rotatable bonds is 5. The van der Waals surface area contributed by atoms with Crippen molar-refractivity contribution in [1.29, 1.82) is 0 Å². The van der Waals surface area contributed by atoms with Crippen LogP contribution in [0.15, 0.2) is 0 Å². The molecule has 2 fully saturated rings. The van der Waals surface area contributed by atoms with Gasteiger partial charge in [0.05, 0.1) is 17.1 Å². The average Bonchev–Trinajstić information content (AvgIpc) is 2.42. The Morgan fingerprint density at radius 3 is 2.58 bits per heavy atom. The maximum atomic E-state index is 5.82. The van der Waals surface area contributed by atoms with Gasteiger partial charge in [-0.1, -0.05) is 19.1 Å². The van der Waals surface area contributed by atoms with Gasteiger partial charge in [-0.25, -0.2) is 0 Å². The van der Waals surface area contributed by atoms with Crippen LogP contribution in [0.3, 0.4) is 0 Å². The van der Waals surface area contributed by atoms with Gasteiger partial charge in [-0.2, -0.15) is 0 Å². The van der Waals surface area contributed by atoms with Crippen molar-refractivity contribution >= 4 is 17.2 Å². The van der Waals surface area contributed by atoms with Gasteiger partial charge in [0.1, 0.15) is 0 Å². The van der Waals surface area contributed by atoms with Crippen molar-refractivity contribution in [3.05, 3.63) is 0 Å². The van der Waals surface area contributed by atoms with Crippen molar-refractivity contribution in [3.63, 3.8) is 0 Å². The number of hydrogen-bond acceptors (Lipinski definition) is 4. The Morgan fingerprint density at radius 1 is 1.32 bits per heavy atom. The van der Waals surface area contributed by atoms with Crippen molar-refractivity contribution < 1.29 is 4.74 Å². The maximum Gasteiger partial charge on any atom is 0.0901 e. The second-order valence-corrected chi connectivity index (χ2v) is 6.12. The molecule has 2 heterocycles. The minimum absolute atomic E-state index is 0.281. The average molecular weight is 285 g/mol. The van der Waals surface area contributed by atoms with Gasteiger partial charge in [0.15, 0.2) is 0 Å². The summed E-state index contributed by atoms with van der Waals surface area (Å²) in [6.07, 6.45) is 5.25. The van der Waals surface area contributed by atoms with Crippen molar-refractivity contribution in [2.45, 2.75) is 44.8 Å². The third kappa shape index (κ3) is 4.38. The first-order valence-corrected chi connectivity index (χ1v) is 7.99. The highest BCUT2D eigenvalue weighted by Gasteiger charge is 2.26. The third-order valence-corrected chi connectivity index (χ3v) is 4.57. The minimum Gasteiger partial charge on any atom is -0.392 e. The summed E-state index contributed by atoms with van der Waals surface area (Å²) in [7, 11) is 0. The van der Waals surface area contributed by atoms with Crippen molar-refractivity contribution in [2.24, 2.45) is 5.73 Å². The van der Waals surface area contributed by atoms with E-state index in [-0.39, 0.29) is 6.04 Å². The molecule has 0 aromatic carbocycles. The smallest absolute Gasteiger partial charge is 0.0901 e. The molecule has 19 heavy (non-hydrogen) atoms. The Labute approximate surface area is 122 Å². The maximum absolute atomic E-state index is 5.82. The van der Waals surface area contributed by atoms with Crippen LogP contribution in [0.2, 0.25) is 0 Å². The Hall–Kier alpha value is -0.230. The SMILES string of the molecule is CCC(C(N)=S)N1CCN(CC2CCCCO2)CC1. The van der Waals surface area contributed by atoms with Gasteiger partial charge >= 0.3 is 0 Å². The van der Waals surface area contributed by atoms with E-state index < -0.39 is 0 Å². The van der Waals surface area contributed by atoms with E-state index in [9.17, 15) is 0 Å². The van der Waals surface area contributed by atoms with Crippen LogP contribution in [0.1, 0.15) is 32.6 Å². The molecule has 0 saturated carbocycles. The molecular formula is C14H27N3OS. The Balaban J connectivity index is 1.73. The molecule has 0 aliphatic carbocycles. The number of thiocarbonyl (C=S) groups is 1. The normalized spacial score (nSPS) is 28.2. The van der Waals surface area contributed by atoms with Crippen LogP contribution in [0, 0.1) is 0 Å². The van der Waals surface area contributed by atoms with Gasteiger partial charge in [-0.3, -0.25) is 9.80 Å². The first kappa shape index (κ1) is 15.2. The molecule has 110 valence electrons. The predicted molar refractivity (Wildman–Crippen MR) is 82.5 cm³/mol. The summed E-state index contributed by atoms with van der Waals surface area (Å²) in [5, 5.41) is 0. The highest BCUT2D eigenvalue weighted by molar-refractivity contribution is 7.80. The van der Waals surface area contributed by atoms with E-state index in [2.05, 4.69) is 16.7 Å². The van der Waals surface area contributed by atoms with E-state index in [4.69, 9.17) is 22.7 Å². The fourth-order valence-electron chi connectivity index (χ4n) is 3.14. The molecule has 0 amide bonds. The molecule has 5 heteroatoms. The number of hydrogen-bond donors (Lipinski definition) is 1. The Kier molecular flexibility index (Phi) is 6.01. The van der Waals surface area contributed by atoms with Crippen LogP contribution >= 0.6 is 12.2 Å². The lowest BCUT2D eigenvalue weighted by molar-refractivity contribution is -0.0152. The molecule has 0 bridgehead atoms. The number of ether oxygens (including phenoxy) is 1. The molecule has 4 nitrogen and oxygen atoms in total. The quantitative estimate of drug-likeness (QED) is 0.770. The first-order valence-electron chi connectivity index (χ1n) is 7.58. The molecule has 0 radical (unpaired) electrons. The van der Waals surface area contributed by atoms with E-state index >= 15 is 0 Å². The van der Waals surface area contributed by atoms with Crippen LogP contribution in [-0.4, -0.2) is 66.3 Å². The van der Waals surface area contributed by atoms with Crippen LogP contribution in [0.25, 0.3) is 0 Å². The van der Waals surface area contributed by atoms with Gasteiger partial charge in [-0.05, 0) is 25.7 Å². The Morgan fingerprint density at radius 2 is 2.05 bits per heavy atom. The molecule has 2 atom stereocenters. The molecule has 0 aromatic heterocycles. The first-order chi connectivity index (χ1) is 9.20. The van der Waals surface area contributed by atoms with Crippen LogP contribution in [0.5, 0.6) is 0 Å². The lowest BCUT2D eigenvalue weighted by atomic mass is 10.1. The molecule has 2 rings (SSSR count). The highest BCUT2D eigenvalue weighted by atomic mass is 32.1. The van der Waals surface area contributed by atoms with Gasteiger partial charge in [-0.15, -0.1) is 0 Å². The molecule has 2 unspecified atom stereocenters. The largest absolute Gasteiger partial charge is 0.392 e. The van der Waals surface area contributed by atoms with Crippen LogP contribution < -0.4 is 5.73 Å². The lowest BCUT2D eigenvalue weighted by Crippen LogP contribution is -2.54. The molecular weight excluding hydrogens is 258 g/mol. The monoisotopic (exact) mass is 285 g/mol. The van der Waals surface area contributed by atoms with Crippen molar-refractivity contribution in [1.82, 2.24) is 9.80 Å². The van der Waals surface area contributed by atoms with Gasteiger partial charge < -0.3 is 10.5 Å². The van der Waals surface area contributed by atoms with Crippen molar-refractivity contribution in [2.75, 3.05) is 39.3 Å². The molecule has 2 aliphatic rings. The third-order valence-electron chi connectivity index (χ3n) is 4.30. The summed E-state index contributed by atoms with van der Waals surface area (Å²) in [5.41, 5.74) is 5.82. The molecule has 2 N–H and O–H groups in total. The number of nitrogens with two attached hydrogens (primary N) is 1. The molecule has 2 saturated heterocycles. The predicted octanol–water partition coefficient (Wildman–Crippen LogP) is 1.24. The topological polar surface area (TPSA) is 41.7 Å². The second-order valence-electron chi connectivity index (χ2n) is 5.65. The van der Waals surface area contributed by atoms with Crippen molar-refractivity contribution in [3.8, 4) is 0 Å². The number of piperazine rings is 1. The van der Waals surface area contributed by atoms with E-state index in [0.717, 1.165) is 45.8 Å². The summed E-state index contributed by atoms with van der Waals surface area (Å²) >= 11 is 5.16. The van der Waals surface area contributed by atoms with Crippen LogP contribution in [-0.2, 0) is 4.74 Å². The fraction of sp³-hybridized carbons (Fsp3) is 0.929. The van der Waals surface area contributed by atoms with Gasteiger partial charge in [0.25, 0.3) is 0 Å². The zero-order chi connectivity index (χ0) is 13.7. The summed E-state index contributed by atoms with van der Waals surface area (Å²) < 4.78 is 5.82. The standard InChI is InChI=1S/C14H27N3OS/c1-2-13(14(15)19)17-8-6-16(7-9-17)11-12-5-3-4-10-18-12/h12-13H,2-11H2,1H3,(H2,15,19). The minimum atomic E-state index is 0.281.